The van der Waals surface area contributed by atoms with E-state index in [-0.39, 0.29) is 0 Å². The van der Waals surface area contributed by atoms with Gasteiger partial charge in [-0.05, 0) is 24.9 Å². The summed E-state index contributed by atoms with van der Waals surface area (Å²) in [7, 11) is 1.77. The van der Waals surface area contributed by atoms with Crippen LogP contribution in [0.3, 0.4) is 0 Å². The number of rotatable bonds is 8. The number of unbranched alkanes of at least 4 members (excludes halogenated alkanes) is 1. The third-order valence-electron chi connectivity index (χ3n) is 5.44. The van der Waals surface area contributed by atoms with Gasteiger partial charge in [-0.3, -0.25) is 4.90 Å². The summed E-state index contributed by atoms with van der Waals surface area (Å²) in [6.45, 7) is 7.48. The van der Waals surface area contributed by atoms with Gasteiger partial charge in [0.15, 0.2) is 5.65 Å². The van der Waals surface area contributed by atoms with Crippen LogP contribution < -0.4 is 0 Å². The number of ether oxygens (including phenoxy) is 1. The van der Waals surface area contributed by atoms with Crippen LogP contribution in [0.1, 0.15) is 18.4 Å². The zero-order chi connectivity index (χ0) is 19.2. The van der Waals surface area contributed by atoms with Crippen molar-refractivity contribution in [3.63, 3.8) is 0 Å². The zero-order valence-electron chi connectivity index (χ0n) is 16.6. The first-order chi connectivity index (χ1) is 13.8. The summed E-state index contributed by atoms with van der Waals surface area (Å²) in [5.41, 5.74) is 4.35. The molecule has 1 aromatic carbocycles. The molecule has 0 bridgehead atoms. The molecule has 3 heterocycles. The maximum atomic E-state index is 5.13. The molecule has 28 heavy (non-hydrogen) atoms. The van der Waals surface area contributed by atoms with Gasteiger partial charge in [0.2, 0.25) is 0 Å². The van der Waals surface area contributed by atoms with Crippen LogP contribution in [0.25, 0.3) is 16.8 Å². The van der Waals surface area contributed by atoms with Crippen molar-refractivity contribution in [2.75, 3.05) is 46.4 Å². The molecule has 0 radical (unpaired) electrons. The van der Waals surface area contributed by atoms with Gasteiger partial charge in [0.1, 0.15) is 0 Å². The van der Waals surface area contributed by atoms with Gasteiger partial charge in [0.05, 0.1) is 6.20 Å². The van der Waals surface area contributed by atoms with E-state index in [0.717, 1.165) is 62.5 Å². The standard InChI is InChI=1S/C22H29N5O/c1-28-14-6-5-9-25-10-12-26(13-11-25)17-19-15-23-22-21(16-24-27(22)18-19)20-7-3-2-4-8-20/h2-4,7-8,15-16,18H,5-6,9-14,17H2,1H3. The molecule has 4 rings (SSSR count). The minimum Gasteiger partial charge on any atom is -0.385 e. The lowest BCUT2D eigenvalue weighted by Crippen LogP contribution is -2.46. The highest BCUT2D eigenvalue weighted by atomic mass is 16.5. The van der Waals surface area contributed by atoms with Crippen LogP contribution in [-0.4, -0.2) is 70.8 Å². The number of hydrogen-bond donors (Lipinski definition) is 0. The summed E-state index contributed by atoms with van der Waals surface area (Å²) < 4.78 is 7.04. The lowest BCUT2D eigenvalue weighted by atomic mass is 10.1. The van der Waals surface area contributed by atoms with E-state index in [9.17, 15) is 0 Å². The van der Waals surface area contributed by atoms with Crippen molar-refractivity contribution in [2.24, 2.45) is 0 Å². The molecular weight excluding hydrogens is 350 g/mol. The Bertz CT molecular complexity index is 871. The quantitative estimate of drug-likeness (QED) is 0.563. The number of methoxy groups -OCH3 is 1. The van der Waals surface area contributed by atoms with E-state index in [4.69, 9.17) is 9.72 Å². The maximum absolute atomic E-state index is 5.13. The molecule has 1 aliphatic rings. The molecule has 0 spiro atoms. The largest absolute Gasteiger partial charge is 0.385 e. The van der Waals surface area contributed by atoms with Gasteiger partial charge in [-0.15, -0.1) is 0 Å². The Hall–Kier alpha value is -2.28. The highest BCUT2D eigenvalue weighted by Gasteiger charge is 2.17. The minimum atomic E-state index is 0.870. The van der Waals surface area contributed by atoms with Gasteiger partial charge in [-0.25, -0.2) is 9.50 Å². The highest BCUT2D eigenvalue weighted by molar-refractivity contribution is 5.76. The second-order valence-corrected chi connectivity index (χ2v) is 7.47. The molecule has 2 aromatic heterocycles. The van der Waals surface area contributed by atoms with Crippen LogP contribution in [0.2, 0.25) is 0 Å². The smallest absolute Gasteiger partial charge is 0.162 e. The molecule has 0 saturated carbocycles. The first kappa shape index (κ1) is 19.1. The monoisotopic (exact) mass is 379 g/mol. The predicted molar refractivity (Wildman–Crippen MR) is 111 cm³/mol. The molecule has 0 unspecified atom stereocenters. The van der Waals surface area contributed by atoms with Crippen molar-refractivity contribution in [1.29, 1.82) is 0 Å². The molecule has 6 nitrogen and oxygen atoms in total. The number of nitrogens with zero attached hydrogens (tertiary/aromatic N) is 5. The number of hydrogen-bond acceptors (Lipinski definition) is 5. The van der Waals surface area contributed by atoms with Crippen LogP contribution in [0.15, 0.2) is 48.9 Å². The fourth-order valence-corrected chi connectivity index (χ4v) is 3.83. The van der Waals surface area contributed by atoms with Gasteiger partial charge < -0.3 is 9.64 Å². The first-order valence-corrected chi connectivity index (χ1v) is 10.1. The van der Waals surface area contributed by atoms with Crippen LogP contribution in [0, 0.1) is 0 Å². The number of piperazine rings is 1. The fraction of sp³-hybridized carbons (Fsp3) is 0.455. The average Bonchev–Trinajstić information content (AvgIpc) is 3.16. The summed E-state index contributed by atoms with van der Waals surface area (Å²) >= 11 is 0. The molecule has 0 amide bonds. The van der Waals surface area contributed by atoms with E-state index in [1.54, 1.807) is 7.11 Å². The topological polar surface area (TPSA) is 45.9 Å². The molecule has 3 aromatic rings. The van der Waals surface area contributed by atoms with Gasteiger partial charge >= 0.3 is 0 Å². The highest BCUT2D eigenvalue weighted by Crippen LogP contribution is 2.23. The van der Waals surface area contributed by atoms with Crippen LogP contribution in [0.5, 0.6) is 0 Å². The Morgan fingerprint density at radius 3 is 2.54 bits per heavy atom. The van der Waals surface area contributed by atoms with E-state index in [0.29, 0.717) is 0 Å². The molecule has 148 valence electrons. The zero-order valence-corrected chi connectivity index (χ0v) is 16.6. The van der Waals surface area contributed by atoms with Crippen LogP contribution in [0.4, 0.5) is 0 Å². The van der Waals surface area contributed by atoms with Crippen LogP contribution >= 0.6 is 0 Å². The van der Waals surface area contributed by atoms with Crippen molar-refractivity contribution in [3.05, 3.63) is 54.5 Å². The van der Waals surface area contributed by atoms with Crippen molar-refractivity contribution < 1.29 is 4.74 Å². The van der Waals surface area contributed by atoms with Gasteiger partial charge in [0.25, 0.3) is 0 Å². The van der Waals surface area contributed by atoms with Crippen molar-refractivity contribution in [1.82, 2.24) is 24.4 Å². The summed E-state index contributed by atoms with van der Waals surface area (Å²) in [4.78, 5) is 9.78. The Kier molecular flexibility index (Phi) is 6.31. The summed E-state index contributed by atoms with van der Waals surface area (Å²) in [6, 6.07) is 10.3. The van der Waals surface area contributed by atoms with E-state index in [1.165, 1.54) is 18.5 Å². The lowest BCUT2D eigenvalue weighted by molar-refractivity contribution is 0.121. The van der Waals surface area contributed by atoms with Crippen molar-refractivity contribution in [2.45, 2.75) is 19.4 Å². The Morgan fingerprint density at radius 1 is 0.964 bits per heavy atom. The van der Waals surface area contributed by atoms with Gasteiger partial charge in [0, 0.05) is 70.0 Å². The van der Waals surface area contributed by atoms with E-state index in [2.05, 4.69) is 33.2 Å². The number of aromatic nitrogens is 3. The second kappa shape index (κ2) is 9.28. The predicted octanol–water partition coefficient (Wildman–Crippen LogP) is 2.94. The summed E-state index contributed by atoms with van der Waals surface area (Å²) in [5, 5.41) is 4.53. The molecule has 0 aliphatic carbocycles. The molecule has 0 atom stereocenters. The van der Waals surface area contributed by atoms with E-state index < -0.39 is 0 Å². The molecule has 0 N–H and O–H groups in total. The number of benzene rings is 1. The summed E-state index contributed by atoms with van der Waals surface area (Å²) in [5.74, 6) is 0. The van der Waals surface area contributed by atoms with Gasteiger partial charge in [-0.1, -0.05) is 30.3 Å². The first-order valence-electron chi connectivity index (χ1n) is 10.1. The molecule has 6 heteroatoms. The van der Waals surface area contributed by atoms with E-state index >= 15 is 0 Å². The van der Waals surface area contributed by atoms with Crippen LogP contribution in [-0.2, 0) is 11.3 Å². The average molecular weight is 380 g/mol. The Labute approximate surface area is 166 Å². The van der Waals surface area contributed by atoms with E-state index in [1.807, 2.05) is 35.1 Å². The lowest BCUT2D eigenvalue weighted by Gasteiger charge is -2.34. The fourth-order valence-electron chi connectivity index (χ4n) is 3.83. The second-order valence-electron chi connectivity index (χ2n) is 7.47. The third kappa shape index (κ3) is 4.58. The molecule has 1 saturated heterocycles. The van der Waals surface area contributed by atoms with Crippen molar-refractivity contribution >= 4 is 5.65 Å². The third-order valence-corrected chi connectivity index (χ3v) is 5.44. The molecule has 1 fully saturated rings. The molecular formula is C22H29N5O. The van der Waals surface area contributed by atoms with Gasteiger partial charge in [-0.2, -0.15) is 5.10 Å². The Morgan fingerprint density at radius 2 is 1.75 bits per heavy atom. The minimum absolute atomic E-state index is 0.870. The summed E-state index contributed by atoms with van der Waals surface area (Å²) in [6.07, 6.45) is 8.39. The maximum Gasteiger partial charge on any atom is 0.162 e. The SMILES string of the molecule is COCCCCN1CCN(Cc2cnc3c(-c4ccccc4)cnn3c2)CC1. The normalized spacial score (nSPS) is 16.0. The van der Waals surface area contributed by atoms with Crippen molar-refractivity contribution in [3.8, 4) is 11.1 Å². The molecule has 1 aliphatic heterocycles. The Balaban J connectivity index is 1.33. The number of fused-ring (bicyclic) bond motifs is 1.